The Kier molecular flexibility index (Phi) is 55.8. The summed E-state index contributed by atoms with van der Waals surface area (Å²) in [5.41, 5.74) is 0. The Morgan fingerprint density at radius 3 is 0.871 bits per heavy atom. The van der Waals surface area contributed by atoms with Gasteiger partial charge in [-0.05, 0) is 83.5 Å². The van der Waals surface area contributed by atoms with Gasteiger partial charge in [0.15, 0.2) is 6.10 Å². The molecule has 0 aliphatic carbocycles. The van der Waals surface area contributed by atoms with Crippen molar-refractivity contribution in [3.05, 3.63) is 72.9 Å². The first kappa shape index (κ1) is 66.9. The Bertz CT molecular complexity index is 1310. The quantitative estimate of drug-likeness (QED) is 0.0261. The molecule has 0 heterocycles. The highest BCUT2D eigenvalue weighted by molar-refractivity contribution is 5.71. The highest BCUT2D eigenvalue weighted by Gasteiger charge is 2.19. The van der Waals surface area contributed by atoms with Gasteiger partial charge in [0.25, 0.3) is 0 Å². The lowest BCUT2D eigenvalue weighted by molar-refractivity contribution is -0.167. The standard InChI is InChI=1S/C64H112O6/c1-4-7-10-13-16-19-22-25-28-30-31-32-34-36-39-42-45-48-51-54-57-63(66)69-60-61(59-68-62(65)56-53-50-47-44-41-38-35-27-24-21-18-15-12-9-6-3)70-64(67)58-55-52-49-46-43-40-37-33-29-26-23-20-17-14-11-8-5-2/h8-9,11-12,17-18,20-21,26-27,29,35,61H,4-7,10,13-16,19,22-25,28,30-34,36-60H2,1-3H3/b11-8-,12-9-,20-17-,21-18-,29-26-,35-27-. The summed E-state index contributed by atoms with van der Waals surface area (Å²) < 4.78 is 16.9. The van der Waals surface area contributed by atoms with Crippen molar-refractivity contribution in [2.75, 3.05) is 13.2 Å². The third kappa shape index (κ3) is 55.8. The average Bonchev–Trinajstić information content (AvgIpc) is 3.36. The van der Waals surface area contributed by atoms with Crippen LogP contribution in [0.3, 0.4) is 0 Å². The maximum atomic E-state index is 12.9. The van der Waals surface area contributed by atoms with Gasteiger partial charge in [-0.25, -0.2) is 0 Å². The summed E-state index contributed by atoms with van der Waals surface area (Å²) in [5.74, 6) is -0.898. The van der Waals surface area contributed by atoms with Gasteiger partial charge in [0.05, 0.1) is 0 Å². The summed E-state index contributed by atoms with van der Waals surface area (Å²) >= 11 is 0. The topological polar surface area (TPSA) is 78.9 Å². The van der Waals surface area contributed by atoms with E-state index in [2.05, 4.69) is 93.7 Å². The highest BCUT2D eigenvalue weighted by Crippen LogP contribution is 2.17. The molecule has 0 fully saturated rings. The zero-order valence-corrected chi connectivity index (χ0v) is 46.3. The van der Waals surface area contributed by atoms with E-state index in [4.69, 9.17) is 14.2 Å². The van der Waals surface area contributed by atoms with E-state index in [1.165, 1.54) is 135 Å². The first-order valence-electron chi connectivity index (χ1n) is 29.9. The van der Waals surface area contributed by atoms with Crippen LogP contribution in [0.4, 0.5) is 0 Å². The molecule has 1 atom stereocenters. The van der Waals surface area contributed by atoms with Gasteiger partial charge in [-0.3, -0.25) is 14.4 Å². The smallest absolute Gasteiger partial charge is 0.306 e. The van der Waals surface area contributed by atoms with Crippen LogP contribution < -0.4 is 0 Å². The molecule has 70 heavy (non-hydrogen) atoms. The lowest BCUT2D eigenvalue weighted by Crippen LogP contribution is -2.30. The van der Waals surface area contributed by atoms with Crippen molar-refractivity contribution in [2.45, 2.75) is 303 Å². The first-order valence-corrected chi connectivity index (χ1v) is 29.9. The van der Waals surface area contributed by atoms with Crippen LogP contribution in [0.2, 0.25) is 0 Å². The monoisotopic (exact) mass is 977 g/mol. The number of esters is 3. The molecule has 0 N–H and O–H groups in total. The molecule has 0 amide bonds. The number of hydrogen-bond acceptors (Lipinski definition) is 6. The van der Waals surface area contributed by atoms with Crippen molar-refractivity contribution in [2.24, 2.45) is 0 Å². The van der Waals surface area contributed by atoms with Crippen LogP contribution in [0, 0.1) is 0 Å². The minimum absolute atomic E-state index is 0.0827. The molecule has 0 radical (unpaired) electrons. The molecular weight excluding hydrogens is 865 g/mol. The maximum Gasteiger partial charge on any atom is 0.306 e. The van der Waals surface area contributed by atoms with Gasteiger partial charge in [0.1, 0.15) is 13.2 Å². The Morgan fingerprint density at radius 1 is 0.300 bits per heavy atom. The molecule has 0 spiro atoms. The van der Waals surface area contributed by atoms with E-state index in [1.807, 2.05) is 0 Å². The number of carbonyl (C=O) groups is 3. The number of carbonyl (C=O) groups excluding carboxylic acids is 3. The van der Waals surface area contributed by atoms with E-state index in [1.54, 1.807) is 0 Å². The van der Waals surface area contributed by atoms with Gasteiger partial charge in [0, 0.05) is 19.3 Å². The highest BCUT2D eigenvalue weighted by atomic mass is 16.6. The predicted molar refractivity (Wildman–Crippen MR) is 302 cm³/mol. The zero-order valence-electron chi connectivity index (χ0n) is 46.3. The summed E-state index contributed by atoms with van der Waals surface area (Å²) in [4.78, 5) is 38.2. The number of rotatable bonds is 54. The van der Waals surface area contributed by atoms with E-state index in [9.17, 15) is 14.4 Å². The summed E-state index contributed by atoms with van der Waals surface area (Å²) in [6.07, 6.45) is 74.7. The third-order valence-electron chi connectivity index (χ3n) is 13.0. The van der Waals surface area contributed by atoms with Crippen molar-refractivity contribution in [3.63, 3.8) is 0 Å². The molecule has 6 heteroatoms. The minimum Gasteiger partial charge on any atom is -0.462 e. The molecule has 0 rings (SSSR count). The van der Waals surface area contributed by atoms with Gasteiger partial charge in [0.2, 0.25) is 0 Å². The summed E-state index contributed by atoms with van der Waals surface area (Å²) in [7, 11) is 0. The largest absolute Gasteiger partial charge is 0.462 e. The van der Waals surface area contributed by atoms with E-state index < -0.39 is 6.10 Å². The van der Waals surface area contributed by atoms with E-state index in [-0.39, 0.29) is 31.1 Å². The lowest BCUT2D eigenvalue weighted by atomic mass is 10.0. The number of ether oxygens (including phenoxy) is 3. The number of hydrogen-bond donors (Lipinski definition) is 0. The van der Waals surface area contributed by atoms with Gasteiger partial charge in [-0.15, -0.1) is 0 Å². The van der Waals surface area contributed by atoms with E-state index in [0.29, 0.717) is 19.3 Å². The van der Waals surface area contributed by atoms with Crippen LogP contribution in [-0.4, -0.2) is 37.2 Å². The van der Waals surface area contributed by atoms with Crippen molar-refractivity contribution in [1.82, 2.24) is 0 Å². The zero-order chi connectivity index (χ0) is 50.7. The normalized spacial score (nSPS) is 12.6. The first-order chi connectivity index (χ1) is 34.5. The van der Waals surface area contributed by atoms with Gasteiger partial charge in [-0.1, -0.05) is 267 Å². The molecule has 404 valence electrons. The van der Waals surface area contributed by atoms with Crippen molar-refractivity contribution in [3.8, 4) is 0 Å². The minimum atomic E-state index is -0.787. The second kappa shape index (κ2) is 58.4. The molecule has 6 nitrogen and oxygen atoms in total. The van der Waals surface area contributed by atoms with Crippen LogP contribution >= 0.6 is 0 Å². The van der Waals surface area contributed by atoms with Crippen LogP contribution in [0.1, 0.15) is 297 Å². The fourth-order valence-electron chi connectivity index (χ4n) is 8.53. The Morgan fingerprint density at radius 2 is 0.557 bits per heavy atom. The van der Waals surface area contributed by atoms with Gasteiger partial charge in [-0.2, -0.15) is 0 Å². The van der Waals surface area contributed by atoms with E-state index >= 15 is 0 Å². The fraction of sp³-hybridized carbons (Fsp3) is 0.766. The van der Waals surface area contributed by atoms with Crippen molar-refractivity contribution in [1.29, 1.82) is 0 Å². The Hall–Kier alpha value is -3.15. The maximum absolute atomic E-state index is 12.9. The summed E-state index contributed by atoms with van der Waals surface area (Å²) in [6.45, 7) is 6.43. The second-order valence-electron chi connectivity index (χ2n) is 19.9. The molecule has 0 saturated heterocycles. The molecule has 0 aliphatic heterocycles. The molecule has 0 aromatic heterocycles. The average molecular weight is 978 g/mol. The SMILES string of the molecule is CC/C=C\C/C=C\C/C=C\CCCCCCCCCC(=O)OC(COC(=O)CCCCCCC/C=C\C/C=C\C/C=C\CC)COC(=O)CCCCCCCCCCCCCCCCCCCCCC. The molecule has 0 saturated carbocycles. The third-order valence-corrected chi connectivity index (χ3v) is 13.0. The molecule has 0 aromatic rings. The predicted octanol–water partition coefficient (Wildman–Crippen LogP) is 20.2. The molecular formula is C64H112O6. The van der Waals surface area contributed by atoms with Crippen LogP contribution in [0.25, 0.3) is 0 Å². The van der Waals surface area contributed by atoms with Gasteiger partial charge >= 0.3 is 17.9 Å². The summed E-state index contributed by atoms with van der Waals surface area (Å²) in [5, 5.41) is 0. The summed E-state index contributed by atoms with van der Waals surface area (Å²) in [6, 6.07) is 0. The molecule has 0 aromatic carbocycles. The van der Waals surface area contributed by atoms with Crippen molar-refractivity contribution < 1.29 is 28.6 Å². The molecule has 1 unspecified atom stereocenters. The number of unbranched alkanes of at least 4 members (excludes halogenated alkanes) is 31. The Labute approximate surface area is 433 Å². The number of allylic oxidation sites excluding steroid dienone is 12. The molecule has 0 bridgehead atoms. The van der Waals surface area contributed by atoms with Gasteiger partial charge < -0.3 is 14.2 Å². The lowest BCUT2D eigenvalue weighted by Gasteiger charge is -2.18. The van der Waals surface area contributed by atoms with Crippen LogP contribution in [-0.2, 0) is 28.6 Å². The van der Waals surface area contributed by atoms with E-state index in [0.717, 1.165) is 122 Å². The molecule has 0 aliphatic rings. The van der Waals surface area contributed by atoms with Crippen LogP contribution in [0.15, 0.2) is 72.9 Å². The fourth-order valence-corrected chi connectivity index (χ4v) is 8.53. The second-order valence-corrected chi connectivity index (χ2v) is 19.9. The van der Waals surface area contributed by atoms with Crippen molar-refractivity contribution >= 4 is 17.9 Å². The Balaban J connectivity index is 4.37. The van der Waals surface area contributed by atoms with Crippen LogP contribution in [0.5, 0.6) is 0 Å².